The normalized spacial score (nSPS) is 17.0. The van der Waals surface area contributed by atoms with Crippen molar-refractivity contribution in [1.82, 2.24) is 10.6 Å². The Kier molecular flexibility index (Phi) is 6.21. The molecule has 2 rings (SSSR count). The first kappa shape index (κ1) is 16.3. The van der Waals surface area contributed by atoms with Crippen molar-refractivity contribution in [2.24, 2.45) is 0 Å². The van der Waals surface area contributed by atoms with Gasteiger partial charge in [0.2, 0.25) is 5.91 Å². The molecule has 0 radical (unpaired) electrons. The summed E-state index contributed by atoms with van der Waals surface area (Å²) in [5.74, 6) is -0.161. The van der Waals surface area contributed by atoms with Crippen LogP contribution in [0.15, 0.2) is 24.3 Å². The van der Waals surface area contributed by atoms with Crippen LogP contribution in [0.1, 0.15) is 30.1 Å². The van der Waals surface area contributed by atoms with E-state index in [4.69, 9.17) is 4.74 Å². The molecule has 0 bridgehead atoms. The summed E-state index contributed by atoms with van der Waals surface area (Å²) in [5.41, 5.74) is 1.41. The van der Waals surface area contributed by atoms with Crippen molar-refractivity contribution >= 4 is 17.5 Å². The summed E-state index contributed by atoms with van der Waals surface area (Å²) in [4.78, 5) is 23.4. The van der Waals surface area contributed by atoms with Crippen molar-refractivity contribution < 1.29 is 14.3 Å². The minimum Gasteiger partial charge on any atom is -0.376 e. The third-order valence-electron chi connectivity index (χ3n) is 3.49. The van der Waals surface area contributed by atoms with E-state index in [9.17, 15) is 9.59 Å². The minimum absolute atomic E-state index is 0.0547. The zero-order valence-electron chi connectivity index (χ0n) is 12.9. The standard InChI is InChI=1S/C16H23N3O3/c1-2-17-15(20)11-18-13-7-5-12(6-8-13)16(21)19-10-14-4-3-9-22-14/h5-8,14,18H,2-4,9-11H2,1H3,(H,17,20)(H,19,21). The largest absolute Gasteiger partial charge is 0.376 e. The molecule has 1 aromatic rings. The van der Waals surface area contributed by atoms with Crippen molar-refractivity contribution in [3.63, 3.8) is 0 Å². The predicted molar refractivity (Wildman–Crippen MR) is 84.9 cm³/mol. The number of likely N-dealkylation sites (N-methyl/N-ethyl adjacent to an activating group) is 1. The van der Waals surface area contributed by atoms with Crippen LogP contribution in [0.5, 0.6) is 0 Å². The molecule has 0 saturated carbocycles. The van der Waals surface area contributed by atoms with E-state index < -0.39 is 0 Å². The Labute approximate surface area is 130 Å². The molecule has 6 heteroatoms. The average molecular weight is 305 g/mol. The van der Waals surface area contributed by atoms with Crippen LogP contribution in [0.3, 0.4) is 0 Å². The van der Waals surface area contributed by atoms with Gasteiger partial charge in [-0.2, -0.15) is 0 Å². The number of carbonyl (C=O) groups is 2. The van der Waals surface area contributed by atoms with E-state index in [-0.39, 0.29) is 24.5 Å². The smallest absolute Gasteiger partial charge is 0.251 e. The zero-order valence-corrected chi connectivity index (χ0v) is 12.9. The van der Waals surface area contributed by atoms with E-state index in [0.717, 1.165) is 25.1 Å². The van der Waals surface area contributed by atoms with Crippen molar-refractivity contribution in [3.8, 4) is 0 Å². The molecule has 0 spiro atoms. The number of hydrogen-bond acceptors (Lipinski definition) is 4. The van der Waals surface area contributed by atoms with Gasteiger partial charge in [-0.15, -0.1) is 0 Å². The first-order valence-corrected chi connectivity index (χ1v) is 7.69. The zero-order chi connectivity index (χ0) is 15.8. The van der Waals surface area contributed by atoms with Gasteiger partial charge in [0.05, 0.1) is 12.6 Å². The average Bonchev–Trinajstić information content (AvgIpc) is 3.05. The topological polar surface area (TPSA) is 79.5 Å². The van der Waals surface area contributed by atoms with Gasteiger partial charge in [-0.05, 0) is 44.0 Å². The molecule has 1 unspecified atom stereocenters. The number of carbonyl (C=O) groups excluding carboxylic acids is 2. The predicted octanol–water partition coefficient (Wildman–Crippen LogP) is 1.14. The molecule has 1 aromatic carbocycles. The van der Waals surface area contributed by atoms with E-state index in [2.05, 4.69) is 16.0 Å². The Bertz CT molecular complexity index is 496. The Morgan fingerprint density at radius 3 is 2.64 bits per heavy atom. The summed E-state index contributed by atoms with van der Waals surface area (Å²) in [6.07, 6.45) is 2.21. The molecule has 1 fully saturated rings. The molecule has 22 heavy (non-hydrogen) atoms. The molecule has 1 saturated heterocycles. The van der Waals surface area contributed by atoms with Crippen LogP contribution in [0.25, 0.3) is 0 Å². The van der Waals surface area contributed by atoms with Gasteiger partial charge < -0.3 is 20.7 Å². The molecule has 3 N–H and O–H groups in total. The molecular weight excluding hydrogens is 282 g/mol. The SMILES string of the molecule is CCNC(=O)CNc1ccc(C(=O)NCC2CCCO2)cc1. The van der Waals surface area contributed by atoms with Gasteiger partial charge in [0.15, 0.2) is 0 Å². The lowest BCUT2D eigenvalue weighted by molar-refractivity contribution is -0.119. The summed E-state index contributed by atoms with van der Waals surface area (Å²) >= 11 is 0. The molecule has 120 valence electrons. The van der Waals surface area contributed by atoms with Gasteiger partial charge >= 0.3 is 0 Å². The molecule has 1 atom stereocenters. The Hall–Kier alpha value is -2.08. The van der Waals surface area contributed by atoms with Gasteiger partial charge in [0.25, 0.3) is 5.91 Å². The summed E-state index contributed by atoms with van der Waals surface area (Å²) in [6, 6.07) is 7.07. The monoisotopic (exact) mass is 305 g/mol. The third-order valence-corrected chi connectivity index (χ3v) is 3.49. The lowest BCUT2D eigenvalue weighted by Gasteiger charge is -2.11. The Morgan fingerprint density at radius 2 is 2.00 bits per heavy atom. The number of ether oxygens (including phenoxy) is 1. The molecule has 1 aliphatic rings. The number of hydrogen-bond donors (Lipinski definition) is 3. The van der Waals surface area contributed by atoms with Crippen LogP contribution >= 0.6 is 0 Å². The van der Waals surface area contributed by atoms with Gasteiger partial charge in [-0.25, -0.2) is 0 Å². The number of nitrogens with one attached hydrogen (secondary N) is 3. The van der Waals surface area contributed by atoms with Crippen molar-refractivity contribution in [2.45, 2.75) is 25.9 Å². The molecule has 1 heterocycles. The summed E-state index contributed by atoms with van der Waals surface area (Å²) in [5, 5.41) is 8.60. The summed E-state index contributed by atoms with van der Waals surface area (Å²) in [7, 11) is 0. The lowest BCUT2D eigenvalue weighted by atomic mass is 10.2. The highest BCUT2D eigenvalue weighted by atomic mass is 16.5. The van der Waals surface area contributed by atoms with E-state index in [0.29, 0.717) is 18.7 Å². The lowest BCUT2D eigenvalue weighted by Crippen LogP contribution is -2.31. The van der Waals surface area contributed by atoms with Crippen LogP contribution in [-0.4, -0.2) is 44.2 Å². The highest BCUT2D eigenvalue weighted by molar-refractivity contribution is 5.94. The fraction of sp³-hybridized carbons (Fsp3) is 0.500. The number of amides is 2. The molecule has 6 nitrogen and oxygen atoms in total. The first-order chi connectivity index (χ1) is 10.7. The highest BCUT2D eigenvalue weighted by Crippen LogP contribution is 2.12. The quantitative estimate of drug-likeness (QED) is 0.706. The first-order valence-electron chi connectivity index (χ1n) is 7.69. The van der Waals surface area contributed by atoms with Gasteiger partial charge in [-0.1, -0.05) is 0 Å². The van der Waals surface area contributed by atoms with Crippen molar-refractivity contribution in [1.29, 1.82) is 0 Å². The van der Waals surface area contributed by atoms with Crippen molar-refractivity contribution in [3.05, 3.63) is 29.8 Å². The molecule has 1 aliphatic heterocycles. The fourth-order valence-corrected chi connectivity index (χ4v) is 2.30. The molecule has 0 aliphatic carbocycles. The van der Waals surface area contributed by atoms with E-state index >= 15 is 0 Å². The fourth-order valence-electron chi connectivity index (χ4n) is 2.30. The van der Waals surface area contributed by atoms with Crippen LogP contribution in [-0.2, 0) is 9.53 Å². The second-order valence-electron chi connectivity index (χ2n) is 5.23. The highest BCUT2D eigenvalue weighted by Gasteiger charge is 2.16. The van der Waals surface area contributed by atoms with Crippen LogP contribution in [0.4, 0.5) is 5.69 Å². The van der Waals surface area contributed by atoms with Crippen molar-refractivity contribution in [2.75, 3.05) is 31.6 Å². The maximum Gasteiger partial charge on any atom is 0.251 e. The van der Waals surface area contributed by atoms with Crippen LogP contribution in [0, 0.1) is 0 Å². The third kappa shape index (κ3) is 5.04. The Morgan fingerprint density at radius 1 is 1.23 bits per heavy atom. The minimum atomic E-state index is -0.106. The maximum atomic E-state index is 12.0. The van der Waals surface area contributed by atoms with E-state index in [1.165, 1.54) is 0 Å². The maximum absolute atomic E-state index is 12.0. The number of rotatable bonds is 7. The summed E-state index contributed by atoms with van der Waals surface area (Å²) < 4.78 is 5.47. The second-order valence-corrected chi connectivity index (χ2v) is 5.23. The van der Waals surface area contributed by atoms with Gasteiger partial charge in [0, 0.05) is 30.9 Å². The Balaban J connectivity index is 1.77. The second kappa shape index (κ2) is 8.38. The van der Waals surface area contributed by atoms with E-state index in [1.807, 2.05) is 6.92 Å². The van der Waals surface area contributed by atoms with Crippen LogP contribution < -0.4 is 16.0 Å². The number of anilines is 1. The van der Waals surface area contributed by atoms with Gasteiger partial charge in [-0.3, -0.25) is 9.59 Å². The van der Waals surface area contributed by atoms with Gasteiger partial charge in [0.1, 0.15) is 0 Å². The summed E-state index contributed by atoms with van der Waals surface area (Å²) in [6.45, 7) is 4.05. The van der Waals surface area contributed by atoms with E-state index in [1.54, 1.807) is 24.3 Å². The molecular formula is C16H23N3O3. The number of benzene rings is 1. The van der Waals surface area contributed by atoms with Crippen LogP contribution in [0.2, 0.25) is 0 Å². The molecule has 0 aromatic heterocycles. The molecule has 2 amide bonds.